The van der Waals surface area contributed by atoms with E-state index in [1.54, 1.807) is 12.1 Å². The summed E-state index contributed by atoms with van der Waals surface area (Å²) in [5.74, 6) is -0.220. The topological polar surface area (TPSA) is 35.2 Å². The predicted octanol–water partition coefficient (Wildman–Crippen LogP) is 3.62. The zero-order chi connectivity index (χ0) is 12.7. The molecule has 2 N–H and O–H groups in total. The average molecular weight is 304 g/mol. The molecule has 0 bridgehead atoms. The Hall–Kier alpha value is -0.450. The number of halogens is 2. The molecule has 0 aliphatic heterocycles. The van der Waals surface area contributed by atoms with Crippen LogP contribution in [-0.2, 0) is 11.3 Å². The lowest BCUT2D eigenvalue weighted by Crippen LogP contribution is -2.14. The van der Waals surface area contributed by atoms with Crippen LogP contribution in [0.1, 0.15) is 31.7 Å². The van der Waals surface area contributed by atoms with Crippen molar-refractivity contribution in [3.8, 4) is 0 Å². The maximum Gasteiger partial charge on any atom is 0.128 e. The molecule has 0 saturated heterocycles. The molecule has 0 radical (unpaired) electrons. The van der Waals surface area contributed by atoms with Crippen molar-refractivity contribution in [2.45, 2.75) is 38.9 Å². The molecule has 17 heavy (non-hydrogen) atoms. The number of benzene rings is 1. The van der Waals surface area contributed by atoms with Crippen molar-refractivity contribution in [1.29, 1.82) is 0 Å². The van der Waals surface area contributed by atoms with Crippen LogP contribution in [0.25, 0.3) is 0 Å². The Morgan fingerprint density at radius 3 is 2.88 bits per heavy atom. The molecule has 1 rings (SSSR count). The highest BCUT2D eigenvalue weighted by molar-refractivity contribution is 9.10. The molecular weight excluding hydrogens is 285 g/mol. The minimum absolute atomic E-state index is 0.164. The summed E-state index contributed by atoms with van der Waals surface area (Å²) in [7, 11) is 0. The van der Waals surface area contributed by atoms with Crippen LogP contribution >= 0.6 is 15.9 Å². The van der Waals surface area contributed by atoms with Gasteiger partial charge in [0.1, 0.15) is 5.82 Å². The third kappa shape index (κ3) is 5.15. The molecule has 0 spiro atoms. The van der Waals surface area contributed by atoms with Gasteiger partial charge in [-0.1, -0.05) is 22.9 Å². The van der Waals surface area contributed by atoms with Gasteiger partial charge in [0.25, 0.3) is 0 Å². The molecule has 0 fully saturated rings. The first-order chi connectivity index (χ1) is 8.17. The van der Waals surface area contributed by atoms with E-state index in [0.29, 0.717) is 18.7 Å². The van der Waals surface area contributed by atoms with Crippen LogP contribution in [0.5, 0.6) is 0 Å². The highest BCUT2D eigenvalue weighted by Gasteiger charge is 2.09. The summed E-state index contributed by atoms with van der Waals surface area (Å²) in [6.45, 7) is 3.05. The Labute approximate surface area is 110 Å². The van der Waals surface area contributed by atoms with Crippen molar-refractivity contribution in [3.05, 3.63) is 34.1 Å². The summed E-state index contributed by atoms with van der Waals surface area (Å²) in [6.07, 6.45) is 2.97. The van der Waals surface area contributed by atoms with Gasteiger partial charge in [-0.2, -0.15) is 0 Å². The Morgan fingerprint density at radius 2 is 2.24 bits per heavy atom. The van der Waals surface area contributed by atoms with Gasteiger partial charge in [0, 0.05) is 10.0 Å². The summed E-state index contributed by atoms with van der Waals surface area (Å²) < 4.78 is 20.0. The molecule has 1 aromatic rings. The summed E-state index contributed by atoms with van der Waals surface area (Å²) in [5.41, 5.74) is 6.05. The summed E-state index contributed by atoms with van der Waals surface area (Å²) >= 11 is 3.32. The van der Waals surface area contributed by atoms with Gasteiger partial charge in [0.15, 0.2) is 0 Å². The lowest BCUT2D eigenvalue weighted by Gasteiger charge is -2.16. The predicted molar refractivity (Wildman–Crippen MR) is 71.3 cm³/mol. The van der Waals surface area contributed by atoms with Crippen LogP contribution in [0.3, 0.4) is 0 Å². The van der Waals surface area contributed by atoms with Gasteiger partial charge in [0.2, 0.25) is 0 Å². The molecule has 0 aliphatic carbocycles. The normalized spacial score (nSPS) is 12.7. The van der Waals surface area contributed by atoms with E-state index in [9.17, 15) is 4.39 Å². The molecule has 96 valence electrons. The Bertz CT molecular complexity index is 346. The van der Waals surface area contributed by atoms with Crippen molar-refractivity contribution < 1.29 is 9.13 Å². The first-order valence-electron chi connectivity index (χ1n) is 5.93. The van der Waals surface area contributed by atoms with Crippen LogP contribution in [0.15, 0.2) is 22.7 Å². The molecule has 0 saturated carbocycles. The Kier molecular flexibility index (Phi) is 6.70. The number of nitrogens with two attached hydrogens (primary N) is 1. The molecule has 0 amide bonds. The molecule has 0 aliphatic rings. The lowest BCUT2D eigenvalue weighted by molar-refractivity contribution is 0.0303. The van der Waals surface area contributed by atoms with E-state index in [-0.39, 0.29) is 11.9 Å². The van der Waals surface area contributed by atoms with E-state index in [1.165, 1.54) is 6.07 Å². The minimum Gasteiger partial charge on any atom is -0.373 e. The minimum atomic E-state index is -0.220. The second kappa shape index (κ2) is 7.80. The zero-order valence-electron chi connectivity index (χ0n) is 10.1. The van der Waals surface area contributed by atoms with E-state index in [2.05, 4.69) is 22.9 Å². The monoisotopic (exact) mass is 303 g/mol. The largest absolute Gasteiger partial charge is 0.373 e. The van der Waals surface area contributed by atoms with Crippen molar-refractivity contribution in [2.24, 2.45) is 5.73 Å². The zero-order valence-corrected chi connectivity index (χ0v) is 11.7. The third-order valence-corrected chi connectivity index (χ3v) is 3.16. The molecule has 2 nitrogen and oxygen atoms in total. The quantitative estimate of drug-likeness (QED) is 0.835. The summed E-state index contributed by atoms with van der Waals surface area (Å²) in [6, 6.07) is 4.89. The fraction of sp³-hybridized carbons (Fsp3) is 0.538. The first kappa shape index (κ1) is 14.6. The van der Waals surface area contributed by atoms with Crippen molar-refractivity contribution in [2.75, 3.05) is 6.54 Å². The van der Waals surface area contributed by atoms with Crippen molar-refractivity contribution in [3.63, 3.8) is 0 Å². The highest BCUT2D eigenvalue weighted by atomic mass is 79.9. The van der Waals surface area contributed by atoms with Crippen molar-refractivity contribution in [1.82, 2.24) is 0 Å². The summed E-state index contributed by atoms with van der Waals surface area (Å²) in [5, 5.41) is 0. The van der Waals surface area contributed by atoms with Crippen LogP contribution in [0.4, 0.5) is 4.39 Å². The molecular formula is C13H19BrFNO. The fourth-order valence-corrected chi connectivity index (χ4v) is 2.02. The van der Waals surface area contributed by atoms with Crippen LogP contribution < -0.4 is 5.73 Å². The van der Waals surface area contributed by atoms with E-state index in [1.807, 2.05) is 0 Å². The molecule has 1 aromatic carbocycles. The van der Waals surface area contributed by atoms with E-state index in [0.717, 1.165) is 23.7 Å². The van der Waals surface area contributed by atoms with Gasteiger partial charge in [-0.3, -0.25) is 0 Å². The summed E-state index contributed by atoms with van der Waals surface area (Å²) in [4.78, 5) is 0. The van der Waals surface area contributed by atoms with Crippen LogP contribution in [-0.4, -0.2) is 12.6 Å². The smallest absolute Gasteiger partial charge is 0.128 e. The number of hydrogen-bond donors (Lipinski definition) is 1. The fourth-order valence-electron chi connectivity index (χ4n) is 1.61. The molecule has 0 heterocycles. The Morgan fingerprint density at radius 1 is 1.47 bits per heavy atom. The molecule has 1 atom stereocenters. The van der Waals surface area contributed by atoms with Gasteiger partial charge < -0.3 is 10.5 Å². The average Bonchev–Trinajstić information content (AvgIpc) is 2.33. The van der Waals surface area contributed by atoms with E-state index >= 15 is 0 Å². The molecule has 0 aromatic heterocycles. The molecule has 1 unspecified atom stereocenters. The second-order valence-corrected chi connectivity index (χ2v) is 4.92. The molecule has 4 heteroatoms. The number of hydrogen-bond acceptors (Lipinski definition) is 2. The van der Waals surface area contributed by atoms with Crippen LogP contribution in [0.2, 0.25) is 0 Å². The lowest BCUT2D eigenvalue weighted by atomic mass is 10.1. The van der Waals surface area contributed by atoms with Gasteiger partial charge in [-0.25, -0.2) is 4.39 Å². The van der Waals surface area contributed by atoms with Crippen molar-refractivity contribution >= 4 is 15.9 Å². The SMILES string of the molecule is CCC(CCCN)OCc1cc(Br)ccc1F. The Balaban J connectivity index is 2.50. The highest BCUT2D eigenvalue weighted by Crippen LogP contribution is 2.18. The maximum absolute atomic E-state index is 13.5. The second-order valence-electron chi connectivity index (χ2n) is 4.01. The number of ether oxygens (including phenoxy) is 1. The standard InChI is InChI=1S/C13H19BrFNO/c1-2-12(4-3-7-16)17-9-10-8-11(14)5-6-13(10)15/h5-6,8,12H,2-4,7,9,16H2,1H3. The van der Waals surface area contributed by atoms with E-state index < -0.39 is 0 Å². The maximum atomic E-state index is 13.5. The first-order valence-corrected chi connectivity index (χ1v) is 6.72. The van der Waals surface area contributed by atoms with Gasteiger partial charge in [0.05, 0.1) is 12.7 Å². The van der Waals surface area contributed by atoms with E-state index in [4.69, 9.17) is 10.5 Å². The van der Waals surface area contributed by atoms with Gasteiger partial charge in [-0.05, 0) is 44.0 Å². The van der Waals surface area contributed by atoms with Gasteiger partial charge >= 0.3 is 0 Å². The van der Waals surface area contributed by atoms with Crippen LogP contribution in [0, 0.1) is 5.82 Å². The number of rotatable bonds is 7. The van der Waals surface area contributed by atoms with Gasteiger partial charge in [-0.15, -0.1) is 0 Å². The third-order valence-electron chi connectivity index (χ3n) is 2.67.